The second-order valence-corrected chi connectivity index (χ2v) is 6.67. The summed E-state index contributed by atoms with van der Waals surface area (Å²) in [5.74, 6) is 0.0572. The van der Waals surface area contributed by atoms with Gasteiger partial charge in [0.15, 0.2) is 0 Å². The first-order valence-electron chi connectivity index (χ1n) is 7.40. The lowest BCUT2D eigenvalue weighted by molar-refractivity contribution is 0.150. The maximum atomic E-state index is 13.6. The van der Waals surface area contributed by atoms with E-state index in [9.17, 15) is 9.50 Å². The third-order valence-corrected chi connectivity index (χ3v) is 5.31. The number of benzene rings is 2. The Kier molecular flexibility index (Phi) is 4.32. The Morgan fingerprint density at radius 2 is 2.05 bits per heavy atom. The van der Waals surface area contributed by atoms with Crippen LogP contribution < -0.4 is 0 Å². The first-order valence-corrected chi connectivity index (χ1v) is 8.22. The van der Waals surface area contributed by atoms with Crippen LogP contribution in [0, 0.1) is 5.82 Å². The Bertz CT molecular complexity index is 641. The van der Waals surface area contributed by atoms with E-state index in [0.29, 0.717) is 0 Å². The van der Waals surface area contributed by atoms with Crippen molar-refractivity contribution in [3.63, 3.8) is 0 Å². The lowest BCUT2D eigenvalue weighted by Gasteiger charge is -2.20. The Labute approximate surface area is 129 Å². The van der Waals surface area contributed by atoms with Gasteiger partial charge in [-0.05, 0) is 60.6 Å². The molecule has 3 heteroatoms. The number of halogens is 1. The summed E-state index contributed by atoms with van der Waals surface area (Å²) in [5, 5.41) is 10.0. The van der Waals surface area contributed by atoms with Gasteiger partial charge in [-0.1, -0.05) is 36.9 Å². The maximum absolute atomic E-state index is 13.6. The highest BCUT2D eigenvalue weighted by atomic mass is 32.2. The second-order valence-electron chi connectivity index (χ2n) is 5.59. The van der Waals surface area contributed by atoms with E-state index in [1.54, 1.807) is 17.8 Å². The predicted octanol–water partition coefficient (Wildman–Crippen LogP) is 4.78. The fourth-order valence-corrected chi connectivity index (χ4v) is 4.06. The van der Waals surface area contributed by atoms with Gasteiger partial charge in [0.2, 0.25) is 0 Å². The molecule has 2 atom stereocenters. The average molecular weight is 302 g/mol. The molecule has 110 valence electrons. The van der Waals surface area contributed by atoms with E-state index in [2.05, 4.69) is 12.1 Å². The fourth-order valence-electron chi connectivity index (χ4n) is 2.92. The number of hydrogen-bond acceptors (Lipinski definition) is 2. The average Bonchev–Trinajstić information content (AvgIpc) is 2.63. The van der Waals surface area contributed by atoms with E-state index in [1.165, 1.54) is 16.5 Å². The van der Waals surface area contributed by atoms with E-state index in [0.717, 1.165) is 29.7 Å². The van der Waals surface area contributed by atoms with Crippen LogP contribution in [0.4, 0.5) is 4.39 Å². The number of fused-ring (bicyclic) bond motifs is 2. The third-order valence-electron chi connectivity index (χ3n) is 4.10. The fraction of sp³-hybridized carbons (Fsp3) is 0.333. The quantitative estimate of drug-likeness (QED) is 0.880. The van der Waals surface area contributed by atoms with Crippen molar-refractivity contribution in [2.24, 2.45) is 0 Å². The van der Waals surface area contributed by atoms with Gasteiger partial charge in [-0.15, -0.1) is 0 Å². The molecule has 0 fully saturated rings. The normalized spacial score (nSPS) is 18.5. The highest BCUT2D eigenvalue weighted by Crippen LogP contribution is 2.43. The van der Waals surface area contributed by atoms with Crippen LogP contribution in [0.2, 0.25) is 0 Å². The van der Waals surface area contributed by atoms with Gasteiger partial charge in [0.05, 0.1) is 6.10 Å². The van der Waals surface area contributed by atoms with Crippen LogP contribution in [0.1, 0.15) is 36.8 Å². The van der Waals surface area contributed by atoms with E-state index < -0.39 is 0 Å². The van der Waals surface area contributed by atoms with Crippen LogP contribution in [0.5, 0.6) is 0 Å². The molecule has 1 unspecified atom stereocenters. The number of hydrogen-bond donors (Lipinski definition) is 1. The predicted molar refractivity (Wildman–Crippen MR) is 84.3 cm³/mol. The van der Waals surface area contributed by atoms with Crippen LogP contribution in [0.25, 0.3) is 0 Å². The SMILES string of the molecule is CCC(O)C[C@H]1Cc2cc(F)ccc2Sc2ccccc21. The van der Waals surface area contributed by atoms with Crippen LogP contribution in [-0.2, 0) is 6.42 Å². The summed E-state index contributed by atoms with van der Waals surface area (Å²) in [6.07, 6.45) is 1.96. The summed E-state index contributed by atoms with van der Waals surface area (Å²) in [4.78, 5) is 2.34. The van der Waals surface area contributed by atoms with Gasteiger partial charge in [-0.3, -0.25) is 0 Å². The van der Waals surface area contributed by atoms with Gasteiger partial charge >= 0.3 is 0 Å². The summed E-state index contributed by atoms with van der Waals surface area (Å²) in [6.45, 7) is 2.00. The zero-order chi connectivity index (χ0) is 14.8. The molecule has 1 aliphatic rings. The van der Waals surface area contributed by atoms with Crippen molar-refractivity contribution in [2.45, 2.75) is 48.0 Å². The molecule has 1 heterocycles. The van der Waals surface area contributed by atoms with E-state index in [-0.39, 0.29) is 17.8 Å². The minimum atomic E-state index is -0.303. The van der Waals surface area contributed by atoms with Gasteiger partial charge in [-0.25, -0.2) is 4.39 Å². The number of aliphatic hydroxyl groups excluding tert-OH is 1. The molecule has 3 rings (SSSR count). The smallest absolute Gasteiger partial charge is 0.123 e. The topological polar surface area (TPSA) is 20.2 Å². The van der Waals surface area contributed by atoms with Crippen molar-refractivity contribution in [1.29, 1.82) is 0 Å². The first kappa shape index (κ1) is 14.6. The lowest BCUT2D eigenvalue weighted by Crippen LogP contribution is -2.13. The van der Waals surface area contributed by atoms with Crippen LogP contribution in [0.3, 0.4) is 0 Å². The molecule has 0 bridgehead atoms. The molecule has 0 radical (unpaired) electrons. The highest BCUT2D eigenvalue weighted by molar-refractivity contribution is 7.99. The number of aliphatic hydroxyl groups is 1. The van der Waals surface area contributed by atoms with Gasteiger partial charge in [0, 0.05) is 9.79 Å². The Hall–Kier alpha value is -1.32. The van der Waals surface area contributed by atoms with Crippen molar-refractivity contribution in [3.8, 4) is 0 Å². The van der Waals surface area contributed by atoms with E-state index >= 15 is 0 Å². The zero-order valence-corrected chi connectivity index (χ0v) is 12.9. The van der Waals surface area contributed by atoms with Crippen LogP contribution >= 0.6 is 11.8 Å². The summed E-state index contributed by atoms with van der Waals surface area (Å²) in [7, 11) is 0. The second kappa shape index (κ2) is 6.20. The Morgan fingerprint density at radius 3 is 2.86 bits per heavy atom. The van der Waals surface area contributed by atoms with Gasteiger partial charge in [0.25, 0.3) is 0 Å². The largest absolute Gasteiger partial charge is 0.393 e. The van der Waals surface area contributed by atoms with E-state index in [4.69, 9.17) is 0 Å². The van der Waals surface area contributed by atoms with Gasteiger partial charge in [0.1, 0.15) is 5.82 Å². The summed E-state index contributed by atoms with van der Waals surface area (Å²) >= 11 is 1.70. The Balaban J connectivity index is 2.03. The first-order chi connectivity index (χ1) is 10.2. The summed E-state index contributed by atoms with van der Waals surface area (Å²) in [5.41, 5.74) is 2.32. The highest BCUT2D eigenvalue weighted by Gasteiger charge is 2.24. The van der Waals surface area contributed by atoms with Crippen molar-refractivity contribution >= 4 is 11.8 Å². The molecule has 0 saturated carbocycles. The molecule has 1 aliphatic heterocycles. The molecule has 0 spiro atoms. The molecule has 21 heavy (non-hydrogen) atoms. The molecule has 0 aliphatic carbocycles. The van der Waals surface area contributed by atoms with Gasteiger partial charge in [-0.2, -0.15) is 0 Å². The zero-order valence-electron chi connectivity index (χ0n) is 12.1. The molecule has 1 nitrogen and oxygen atoms in total. The summed E-state index contributed by atoms with van der Waals surface area (Å²) < 4.78 is 13.6. The molecule has 0 amide bonds. The molecular formula is C18H19FOS. The van der Waals surface area contributed by atoms with E-state index in [1.807, 2.05) is 25.1 Å². The third kappa shape index (κ3) is 3.14. The van der Waals surface area contributed by atoms with Gasteiger partial charge < -0.3 is 5.11 Å². The molecule has 0 aromatic heterocycles. The van der Waals surface area contributed by atoms with Crippen molar-refractivity contribution in [1.82, 2.24) is 0 Å². The number of rotatable bonds is 3. The minimum Gasteiger partial charge on any atom is -0.393 e. The molecule has 2 aromatic rings. The van der Waals surface area contributed by atoms with Crippen molar-refractivity contribution in [2.75, 3.05) is 0 Å². The molecule has 2 aromatic carbocycles. The maximum Gasteiger partial charge on any atom is 0.123 e. The lowest BCUT2D eigenvalue weighted by atomic mass is 9.87. The standard InChI is InChI=1S/C18H19FOS/c1-2-15(20)11-12-9-13-10-14(19)7-8-17(13)21-18-6-4-3-5-16(12)18/h3-8,10,12,15,20H,2,9,11H2,1H3/t12-,15?/m1/s1. The molecule has 1 N–H and O–H groups in total. The van der Waals surface area contributed by atoms with Crippen LogP contribution in [-0.4, -0.2) is 11.2 Å². The van der Waals surface area contributed by atoms with Crippen LogP contribution in [0.15, 0.2) is 52.3 Å². The molecular weight excluding hydrogens is 283 g/mol. The summed E-state index contributed by atoms with van der Waals surface area (Å²) in [6, 6.07) is 13.4. The van der Waals surface area contributed by atoms with Crippen molar-refractivity contribution < 1.29 is 9.50 Å². The van der Waals surface area contributed by atoms with Crippen molar-refractivity contribution in [3.05, 3.63) is 59.4 Å². The Morgan fingerprint density at radius 1 is 1.24 bits per heavy atom. The monoisotopic (exact) mass is 302 g/mol. The molecule has 0 saturated heterocycles. The minimum absolute atomic E-state index is 0.185.